The molecule has 1 saturated carbocycles. The van der Waals surface area contributed by atoms with Crippen molar-refractivity contribution in [1.29, 1.82) is 0 Å². The molecule has 2 atom stereocenters. The third kappa shape index (κ3) is 4.84. The number of nitrogens with one attached hydrogen (secondary N) is 1. The summed E-state index contributed by atoms with van der Waals surface area (Å²) in [6.07, 6.45) is 12.8. The van der Waals surface area contributed by atoms with E-state index >= 15 is 0 Å². The van der Waals surface area contributed by atoms with Gasteiger partial charge in [-0.2, -0.15) is 5.10 Å². The van der Waals surface area contributed by atoms with Crippen LogP contribution in [-0.2, 0) is 6.42 Å². The number of rotatable bonds is 7. The van der Waals surface area contributed by atoms with E-state index in [0.717, 1.165) is 25.3 Å². The second-order valence-corrected chi connectivity index (χ2v) is 6.66. The highest BCUT2D eigenvalue weighted by atomic mass is 15.3. The van der Waals surface area contributed by atoms with E-state index in [2.05, 4.69) is 43.0 Å². The molecule has 0 spiro atoms. The zero-order valence-electron chi connectivity index (χ0n) is 14.1. The van der Waals surface area contributed by atoms with Gasteiger partial charge in [0.2, 0.25) is 0 Å². The van der Waals surface area contributed by atoms with Gasteiger partial charge < -0.3 is 5.32 Å². The molecule has 1 aromatic heterocycles. The first-order chi connectivity index (χ1) is 10.2. The SMILES string of the molecule is CCNC(Cc1ccn(C(C)CC)n1)C1CCCCCC1. The second-order valence-electron chi connectivity index (χ2n) is 6.66. The molecular weight excluding hydrogens is 258 g/mol. The van der Waals surface area contributed by atoms with Gasteiger partial charge >= 0.3 is 0 Å². The lowest BCUT2D eigenvalue weighted by molar-refractivity contribution is 0.318. The Morgan fingerprint density at radius 3 is 2.57 bits per heavy atom. The van der Waals surface area contributed by atoms with Gasteiger partial charge in [-0.1, -0.05) is 39.5 Å². The van der Waals surface area contributed by atoms with Gasteiger partial charge in [0.05, 0.1) is 5.69 Å². The topological polar surface area (TPSA) is 29.9 Å². The van der Waals surface area contributed by atoms with Crippen LogP contribution in [0.25, 0.3) is 0 Å². The third-order valence-corrected chi connectivity index (χ3v) is 5.07. The van der Waals surface area contributed by atoms with Gasteiger partial charge in [0.1, 0.15) is 0 Å². The van der Waals surface area contributed by atoms with Crippen molar-refractivity contribution >= 4 is 0 Å². The first kappa shape index (κ1) is 16.5. The molecule has 1 N–H and O–H groups in total. The van der Waals surface area contributed by atoms with Crippen LogP contribution in [0.2, 0.25) is 0 Å². The van der Waals surface area contributed by atoms with E-state index in [1.807, 2.05) is 0 Å². The summed E-state index contributed by atoms with van der Waals surface area (Å²) >= 11 is 0. The van der Waals surface area contributed by atoms with Crippen molar-refractivity contribution in [2.45, 2.75) is 84.2 Å². The Bertz CT molecular complexity index is 391. The lowest BCUT2D eigenvalue weighted by atomic mass is 9.89. The van der Waals surface area contributed by atoms with Gasteiger partial charge in [0, 0.05) is 24.7 Å². The van der Waals surface area contributed by atoms with Crippen molar-refractivity contribution in [3.63, 3.8) is 0 Å². The van der Waals surface area contributed by atoms with Crippen molar-refractivity contribution < 1.29 is 0 Å². The molecule has 3 nitrogen and oxygen atoms in total. The van der Waals surface area contributed by atoms with Gasteiger partial charge in [-0.05, 0) is 44.7 Å². The average Bonchev–Trinajstić information content (AvgIpc) is 2.79. The molecule has 0 bridgehead atoms. The molecule has 0 radical (unpaired) electrons. The number of hydrogen-bond acceptors (Lipinski definition) is 2. The quantitative estimate of drug-likeness (QED) is 0.757. The van der Waals surface area contributed by atoms with Crippen molar-refractivity contribution in [2.75, 3.05) is 6.54 Å². The van der Waals surface area contributed by atoms with E-state index in [0.29, 0.717) is 12.1 Å². The van der Waals surface area contributed by atoms with Crippen LogP contribution in [0.3, 0.4) is 0 Å². The monoisotopic (exact) mass is 291 g/mol. The highest BCUT2D eigenvalue weighted by molar-refractivity contribution is 5.03. The summed E-state index contributed by atoms with van der Waals surface area (Å²) in [5.41, 5.74) is 1.26. The van der Waals surface area contributed by atoms with Crippen LogP contribution in [0.4, 0.5) is 0 Å². The number of likely N-dealkylation sites (N-methyl/N-ethyl adjacent to an activating group) is 1. The van der Waals surface area contributed by atoms with Gasteiger partial charge in [0.15, 0.2) is 0 Å². The van der Waals surface area contributed by atoms with Gasteiger partial charge in [0.25, 0.3) is 0 Å². The summed E-state index contributed by atoms with van der Waals surface area (Å²) in [7, 11) is 0. The molecule has 1 heterocycles. The van der Waals surface area contributed by atoms with Gasteiger partial charge in [-0.25, -0.2) is 0 Å². The molecule has 1 aliphatic rings. The van der Waals surface area contributed by atoms with E-state index in [1.54, 1.807) is 0 Å². The summed E-state index contributed by atoms with van der Waals surface area (Å²) in [5, 5.41) is 8.53. The fourth-order valence-electron chi connectivity index (χ4n) is 3.53. The maximum Gasteiger partial charge on any atom is 0.0640 e. The van der Waals surface area contributed by atoms with Crippen LogP contribution in [0.1, 0.15) is 77.5 Å². The first-order valence-electron chi connectivity index (χ1n) is 9.02. The van der Waals surface area contributed by atoms with Crippen molar-refractivity contribution in [3.8, 4) is 0 Å². The average molecular weight is 291 g/mol. The lowest BCUT2D eigenvalue weighted by Gasteiger charge is -2.26. The van der Waals surface area contributed by atoms with Crippen LogP contribution >= 0.6 is 0 Å². The number of nitrogens with zero attached hydrogens (tertiary/aromatic N) is 2. The van der Waals surface area contributed by atoms with E-state index in [1.165, 1.54) is 44.2 Å². The fourth-order valence-corrected chi connectivity index (χ4v) is 3.53. The maximum atomic E-state index is 4.80. The third-order valence-electron chi connectivity index (χ3n) is 5.07. The largest absolute Gasteiger partial charge is 0.314 e. The zero-order valence-corrected chi connectivity index (χ0v) is 14.1. The molecule has 1 aliphatic carbocycles. The molecule has 120 valence electrons. The smallest absolute Gasteiger partial charge is 0.0640 e. The Hall–Kier alpha value is -0.830. The molecule has 0 aliphatic heterocycles. The standard InChI is InChI=1S/C18H33N3/c1-4-15(3)21-13-12-17(20-21)14-18(19-5-2)16-10-8-6-7-9-11-16/h12-13,15-16,18-19H,4-11,14H2,1-3H3. The molecule has 21 heavy (non-hydrogen) atoms. The summed E-state index contributed by atoms with van der Waals surface area (Å²) in [5.74, 6) is 0.834. The maximum absolute atomic E-state index is 4.80. The predicted octanol–water partition coefficient (Wildman–Crippen LogP) is 4.35. The van der Waals surface area contributed by atoms with E-state index in [9.17, 15) is 0 Å². The molecular formula is C18H33N3. The van der Waals surface area contributed by atoms with Crippen LogP contribution in [0, 0.1) is 5.92 Å². The van der Waals surface area contributed by atoms with Crippen molar-refractivity contribution in [2.24, 2.45) is 5.92 Å². The van der Waals surface area contributed by atoms with Crippen LogP contribution in [-0.4, -0.2) is 22.4 Å². The predicted molar refractivity (Wildman–Crippen MR) is 89.6 cm³/mol. The molecule has 2 rings (SSSR count). The highest BCUT2D eigenvalue weighted by Crippen LogP contribution is 2.27. The Morgan fingerprint density at radius 2 is 1.95 bits per heavy atom. The lowest BCUT2D eigenvalue weighted by Crippen LogP contribution is -2.38. The molecule has 0 saturated heterocycles. The summed E-state index contributed by atoms with van der Waals surface area (Å²) in [6.45, 7) is 7.75. The summed E-state index contributed by atoms with van der Waals surface area (Å²) in [4.78, 5) is 0. The Balaban J connectivity index is 1.99. The first-order valence-corrected chi connectivity index (χ1v) is 9.02. The molecule has 3 heteroatoms. The minimum Gasteiger partial charge on any atom is -0.314 e. The van der Waals surface area contributed by atoms with E-state index < -0.39 is 0 Å². The minimum absolute atomic E-state index is 0.509. The molecule has 1 aromatic rings. The highest BCUT2D eigenvalue weighted by Gasteiger charge is 2.23. The van der Waals surface area contributed by atoms with Crippen molar-refractivity contribution in [1.82, 2.24) is 15.1 Å². The van der Waals surface area contributed by atoms with Crippen LogP contribution < -0.4 is 5.32 Å². The number of aromatic nitrogens is 2. The number of hydrogen-bond donors (Lipinski definition) is 1. The molecule has 0 aromatic carbocycles. The normalized spacial score (nSPS) is 20.1. The minimum atomic E-state index is 0.509. The van der Waals surface area contributed by atoms with Gasteiger partial charge in [-0.3, -0.25) is 4.68 Å². The Morgan fingerprint density at radius 1 is 1.24 bits per heavy atom. The van der Waals surface area contributed by atoms with Crippen LogP contribution in [0.5, 0.6) is 0 Å². The van der Waals surface area contributed by atoms with Crippen LogP contribution in [0.15, 0.2) is 12.3 Å². The zero-order chi connectivity index (χ0) is 15.1. The fraction of sp³-hybridized carbons (Fsp3) is 0.833. The molecule has 2 unspecified atom stereocenters. The van der Waals surface area contributed by atoms with Gasteiger partial charge in [-0.15, -0.1) is 0 Å². The molecule has 0 amide bonds. The molecule has 1 fully saturated rings. The summed E-state index contributed by atoms with van der Waals surface area (Å²) < 4.78 is 2.13. The Labute approximate surface area is 130 Å². The van der Waals surface area contributed by atoms with Crippen molar-refractivity contribution in [3.05, 3.63) is 18.0 Å². The Kier molecular flexibility index (Phi) is 6.75. The summed E-state index contributed by atoms with van der Waals surface area (Å²) in [6, 6.07) is 3.33. The van der Waals surface area contributed by atoms with E-state index in [-0.39, 0.29) is 0 Å². The van der Waals surface area contributed by atoms with E-state index in [4.69, 9.17) is 5.10 Å². The second kappa shape index (κ2) is 8.57.